The third-order valence-electron chi connectivity index (χ3n) is 5.17. The topological polar surface area (TPSA) is 32.3 Å². The Balaban J connectivity index is 1.87. The molecule has 3 heteroatoms. The smallest absolute Gasteiger partial charge is 0.320 e. The molecule has 1 N–H and O–H groups in total. The van der Waals surface area contributed by atoms with Crippen LogP contribution in [0.4, 0.5) is 10.5 Å². The van der Waals surface area contributed by atoms with Crippen molar-refractivity contribution >= 4 is 11.7 Å². The molecule has 4 aliphatic rings. The van der Waals surface area contributed by atoms with Crippen LogP contribution in [-0.2, 0) is 25.7 Å². The van der Waals surface area contributed by atoms with E-state index in [2.05, 4.69) is 75.5 Å². The molecule has 0 fully saturated rings. The molecule has 4 aliphatic carbocycles. The summed E-state index contributed by atoms with van der Waals surface area (Å²) >= 11 is 0. The molecule has 0 saturated carbocycles. The fourth-order valence-electron chi connectivity index (χ4n) is 3.80. The van der Waals surface area contributed by atoms with Crippen LogP contribution >= 0.6 is 0 Å². The Morgan fingerprint density at radius 2 is 1.31 bits per heavy atom. The predicted octanol–water partition coefficient (Wildman–Crippen LogP) is 5.22. The minimum absolute atomic E-state index is 0.0103. The monoisotopic (exact) mass is 350 g/mol. The van der Waals surface area contributed by atoms with Crippen molar-refractivity contribution in [1.29, 1.82) is 0 Å². The summed E-state index contributed by atoms with van der Waals surface area (Å²) in [7, 11) is 0. The highest BCUT2D eigenvalue weighted by molar-refractivity contribution is 5.90. The lowest BCUT2D eigenvalue weighted by Crippen LogP contribution is -2.44. The van der Waals surface area contributed by atoms with Gasteiger partial charge < -0.3 is 10.2 Å². The molecule has 2 aromatic rings. The molecule has 0 heterocycles. The highest BCUT2D eigenvalue weighted by Crippen LogP contribution is 2.24. The molecule has 3 nitrogen and oxygen atoms in total. The fourth-order valence-corrected chi connectivity index (χ4v) is 3.80. The van der Waals surface area contributed by atoms with Crippen LogP contribution in [0.3, 0.4) is 0 Å². The maximum absolute atomic E-state index is 12.9. The molecular formula is C23H30N2O. The highest BCUT2D eigenvalue weighted by atomic mass is 16.2. The zero-order chi connectivity index (χ0) is 18.7. The van der Waals surface area contributed by atoms with Crippen LogP contribution in [0, 0.1) is 0 Å². The van der Waals surface area contributed by atoms with Gasteiger partial charge >= 0.3 is 6.03 Å². The first-order valence-corrected chi connectivity index (χ1v) is 9.73. The van der Waals surface area contributed by atoms with Crippen molar-refractivity contribution in [2.45, 2.75) is 65.5 Å². The average molecular weight is 351 g/mol. The van der Waals surface area contributed by atoms with Crippen molar-refractivity contribution in [3.8, 4) is 0 Å². The van der Waals surface area contributed by atoms with Gasteiger partial charge in [0, 0.05) is 17.8 Å². The molecule has 2 aromatic carbocycles. The maximum Gasteiger partial charge on any atom is 0.322 e. The van der Waals surface area contributed by atoms with Gasteiger partial charge in [-0.1, -0.05) is 36.4 Å². The Morgan fingerprint density at radius 3 is 1.88 bits per heavy atom. The molecule has 26 heavy (non-hydrogen) atoms. The third-order valence-corrected chi connectivity index (χ3v) is 5.17. The van der Waals surface area contributed by atoms with Crippen molar-refractivity contribution in [3.05, 3.63) is 64.7 Å². The number of urea groups is 1. The van der Waals surface area contributed by atoms with Crippen molar-refractivity contribution in [3.63, 3.8) is 0 Å². The first kappa shape index (κ1) is 18.5. The number of aryl methyl sites for hydroxylation is 4. The van der Waals surface area contributed by atoms with Crippen molar-refractivity contribution in [2.75, 3.05) is 5.32 Å². The second-order valence-corrected chi connectivity index (χ2v) is 7.83. The van der Waals surface area contributed by atoms with E-state index < -0.39 is 0 Å². The van der Waals surface area contributed by atoms with Gasteiger partial charge in [-0.15, -0.1) is 0 Å². The quantitative estimate of drug-likeness (QED) is 0.808. The summed E-state index contributed by atoms with van der Waals surface area (Å²) in [6.07, 6.45) is 3.93. The zero-order valence-electron chi connectivity index (χ0n) is 16.4. The first-order valence-electron chi connectivity index (χ1n) is 9.73. The van der Waals surface area contributed by atoms with Crippen LogP contribution in [0.1, 0.15) is 49.9 Å². The third kappa shape index (κ3) is 4.27. The standard InChI is InChI=1S/C23H30N2O/c1-16(2)25(17(3)4)23(26)24-22-15-20-10-9-18-5-7-19(8-6-18)11-13-21(22)14-12-20/h5-8,12,14-17H,9-11,13H2,1-4H3,(H,24,26). The summed E-state index contributed by atoms with van der Waals surface area (Å²) in [5.41, 5.74) is 6.17. The summed E-state index contributed by atoms with van der Waals surface area (Å²) in [6.45, 7) is 8.25. The summed E-state index contributed by atoms with van der Waals surface area (Å²) in [6, 6.07) is 15.9. The van der Waals surface area contributed by atoms with E-state index in [4.69, 9.17) is 0 Å². The lowest BCUT2D eigenvalue weighted by atomic mass is 9.95. The van der Waals surface area contributed by atoms with Crippen LogP contribution in [0.25, 0.3) is 0 Å². The second kappa shape index (κ2) is 7.94. The van der Waals surface area contributed by atoms with Gasteiger partial charge in [0.25, 0.3) is 0 Å². The number of benzene rings is 2. The Kier molecular flexibility index (Phi) is 5.65. The van der Waals surface area contributed by atoms with Crippen LogP contribution < -0.4 is 5.32 Å². The van der Waals surface area contributed by atoms with Crippen molar-refractivity contribution < 1.29 is 4.79 Å². The summed E-state index contributed by atoms with van der Waals surface area (Å²) < 4.78 is 0. The predicted molar refractivity (Wildman–Crippen MR) is 109 cm³/mol. The van der Waals surface area contributed by atoms with Crippen molar-refractivity contribution in [1.82, 2.24) is 4.90 Å². The normalized spacial score (nSPS) is 13.6. The number of hydrogen-bond acceptors (Lipinski definition) is 1. The Morgan fingerprint density at radius 1 is 0.808 bits per heavy atom. The molecule has 0 atom stereocenters. The van der Waals surface area contributed by atoms with E-state index >= 15 is 0 Å². The van der Waals surface area contributed by atoms with E-state index in [1.807, 2.05) is 4.90 Å². The van der Waals surface area contributed by atoms with Gasteiger partial charge in [-0.3, -0.25) is 0 Å². The number of carbonyl (C=O) groups is 1. The number of rotatable bonds is 3. The summed E-state index contributed by atoms with van der Waals surface area (Å²) in [4.78, 5) is 14.8. The molecule has 0 saturated heterocycles. The lowest BCUT2D eigenvalue weighted by molar-refractivity contribution is 0.178. The molecular weight excluding hydrogens is 320 g/mol. The zero-order valence-corrected chi connectivity index (χ0v) is 16.4. The van der Waals surface area contributed by atoms with Gasteiger partial charge in [0.05, 0.1) is 0 Å². The first-order chi connectivity index (χ1) is 12.4. The molecule has 138 valence electrons. The van der Waals surface area contributed by atoms with Crippen LogP contribution in [0.5, 0.6) is 0 Å². The molecule has 4 bridgehead atoms. The number of anilines is 1. The van der Waals surface area contributed by atoms with E-state index in [0.717, 1.165) is 31.4 Å². The largest absolute Gasteiger partial charge is 0.322 e. The average Bonchev–Trinajstić information content (AvgIpc) is 2.57. The van der Waals surface area contributed by atoms with E-state index in [-0.39, 0.29) is 18.1 Å². The number of nitrogens with zero attached hydrogens (tertiary/aromatic N) is 1. The molecule has 6 rings (SSSR count). The molecule has 0 aliphatic heterocycles. The van der Waals surface area contributed by atoms with E-state index in [1.165, 1.54) is 22.3 Å². The van der Waals surface area contributed by atoms with Gasteiger partial charge in [-0.25, -0.2) is 4.79 Å². The molecule has 2 amide bonds. The highest BCUT2D eigenvalue weighted by Gasteiger charge is 2.21. The van der Waals surface area contributed by atoms with Gasteiger partial charge in [0.2, 0.25) is 0 Å². The summed E-state index contributed by atoms with van der Waals surface area (Å²) in [5, 5.41) is 3.20. The van der Waals surface area contributed by atoms with Crippen LogP contribution in [0.2, 0.25) is 0 Å². The van der Waals surface area contributed by atoms with Gasteiger partial charge in [0.15, 0.2) is 0 Å². The lowest BCUT2D eigenvalue weighted by Gasteiger charge is -2.31. The number of amides is 2. The molecule has 0 spiro atoms. The summed E-state index contributed by atoms with van der Waals surface area (Å²) in [5.74, 6) is 0. The van der Waals surface area contributed by atoms with E-state index in [9.17, 15) is 4.79 Å². The Labute approximate surface area is 157 Å². The van der Waals surface area contributed by atoms with Gasteiger partial charge in [-0.2, -0.15) is 0 Å². The van der Waals surface area contributed by atoms with Crippen molar-refractivity contribution in [2.24, 2.45) is 0 Å². The minimum Gasteiger partial charge on any atom is -0.320 e. The van der Waals surface area contributed by atoms with E-state index in [1.54, 1.807) is 0 Å². The molecule has 0 unspecified atom stereocenters. The number of nitrogens with one attached hydrogen (secondary N) is 1. The van der Waals surface area contributed by atoms with Crippen LogP contribution in [0.15, 0.2) is 42.5 Å². The Hall–Kier alpha value is -2.29. The minimum atomic E-state index is -0.0103. The van der Waals surface area contributed by atoms with E-state index in [0.29, 0.717) is 0 Å². The van der Waals surface area contributed by atoms with Crippen LogP contribution in [-0.4, -0.2) is 23.0 Å². The second-order valence-electron chi connectivity index (χ2n) is 7.83. The Bertz CT molecular complexity index is 754. The fraction of sp³-hybridized carbons (Fsp3) is 0.435. The van der Waals surface area contributed by atoms with Gasteiger partial charge in [-0.05, 0) is 81.7 Å². The molecule has 0 aromatic heterocycles. The number of carbonyl (C=O) groups excluding carboxylic acids is 1. The SMILES string of the molecule is CC(C)N(C(=O)Nc1cc2ccc1CCc1ccc(cc1)CC2)C(C)C. The maximum atomic E-state index is 12.9. The van der Waals surface area contributed by atoms with Gasteiger partial charge in [0.1, 0.15) is 0 Å². The number of hydrogen-bond donors (Lipinski definition) is 1. The molecule has 0 radical (unpaired) electrons.